The van der Waals surface area contributed by atoms with Crippen LogP contribution in [0.4, 0.5) is 0 Å². The molecule has 18 heavy (non-hydrogen) atoms. The average Bonchev–Trinajstić information content (AvgIpc) is 2.34. The molecule has 0 saturated heterocycles. The smallest absolute Gasteiger partial charge is 0.115 e. The molecule has 0 aromatic heterocycles. The van der Waals surface area contributed by atoms with Gasteiger partial charge in [0.25, 0.3) is 0 Å². The van der Waals surface area contributed by atoms with Gasteiger partial charge in [0.15, 0.2) is 0 Å². The van der Waals surface area contributed by atoms with Gasteiger partial charge in [-0.05, 0) is 61.1 Å². The molecule has 100 valence electrons. The van der Waals surface area contributed by atoms with Gasteiger partial charge in [0.2, 0.25) is 0 Å². The van der Waals surface area contributed by atoms with Gasteiger partial charge in [0.05, 0.1) is 0 Å². The first-order valence-corrected chi connectivity index (χ1v) is 7.09. The van der Waals surface area contributed by atoms with E-state index in [2.05, 4.69) is 13.8 Å². The van der Waals surface area contributed by atoms with Crippen molar-refractivity contribution in [1.29, 1.82) is 0 Å². The summed E-state index contributed by atoms with van der Waals surface area (Å²) >= 11 is 0. The van der Waals surface area contributed by atoms with E-state index in [-0.39, 0.29) is 0 Å². The maximum absolute atomic E-state index is 9.30. The van der Waals surface area contributed by atoms with E-state index in [4.69, 9.17) is 5.73 Å². The summed E-state index contributed by atoms with van der Waals surface area (Å²) in [6.07, 6.45) is 4.74. The largest absolute Gasteiger partial charge is 0.508 e. The number of hydrogen-bond donors (Lipinski definition) is 2. The van der Waals surface area contributed by atoms with Crippen LogP contribution in [-0.4, -0.2) is 11.1 Å². The molecular formula is C16H25NO. The van der Waals surface area contributed by atoms with Crippen LogP contribution in [0.5, 0.6) is 5.75 Å². The van der Waals surface area contributed by atoms with Crippen LogP contribution in [0.15, 0.2) is 24.3 Å². The van der Waals surface area contributed by atoms with E-state index in [1.165, 1.54) is 18.4 Å². The van der Waals surface area contributed by atoms with E-state index >= 15 is 0 Å². The Morgan fingerprint density at radius 3 is 2.50 bits per heavy atom. The monoisotopic (exact) mass is 247 g/mol. The zero-order valence-corrected chi connectivity index (χ0v) is 11.5. The third-order valence-corrected chi connectivity index (χ3v) is 4.46. The van der Waals surface area contributed by atoms with Crippen molar-refractivity contribution in [2.24, 2.45) is 23.5 Å². The third-order valence-electron chi connectivity index (χ3n) is 4.46. The van der Waals surface area contributed by atoms with Gasteiger partial charge in [0, 0.05) is 6.04 Å². The number of phenolic OH excluding ortho intramolecular Hbond substituents is 1. The van der Waals surface area contributed by atoms with Gasteiger partial charge < -0.3 is 10.8 Å². The number of nitrogens with two attached hydrogens (primary N) is 1. The van der Waals surface area contributed by atoms with E-state index < -0.39 is 0 Å². The average molecular weight is 247 g/mol. The summed E-state index contributed by atoms with van der Waals surface area (Å²) in [7, 11) is 0. The van der Waals surface area contributed by atoms with Crippen molar-refractivity contribution < 1.29 is 5.11 Å². The number of rotatable bonds is 3. The van der Waals surface area contributed by atoms with Crippen molar-refractivity contribution in [3.63, 3.8) is 0 Å². The summed E-state index contributed by atoms with van der Waals surface area (Å²) in [6.45, 7) is 4.64. The fourth-order valence-electron chi connectivity index (χ4n) is 3.10. The molecule has 0 heterocycles. The molecule has 1 aliphatic carbocycles. The van der Waals surface area contributed by atoms with Gasteiger partial charge in [-0.25, -0.2) is 0 Å². The van der Waals surface area contributed by atoms with Crippen LogP contribution in [0.3, 0.4) is 0 Å². The number of hydrogen-bond acceptors (Lipinski definition) is 2. The van der Waals surface area contributed by atoms with Crippen molar-refractivity contribution in [3.8, 4) is 5.75 Å². The Hall–Kier alpha value is -1.02. The van der Waals surface area contributed by atoms with Crippen LogP contribution in [0.1, 0.15) is 38.7 Å². The Kier molecular flexibility index (Phi) is 4.28. The minimum Gasteiger partial charge on any atom is -0.508 e. The zero-order chi connectivity index (χ0) is 13.1. The number of aromatic hydroxyl groups is 1. The second kappa shape index (κ2) is 5.75. The van der Waals surface area contributed by atoms with E-state index in [1.807, 2.05) is 12.1 Å². The molecular weight excluding hydrogens is 222 g/mol. The van der Waals surface area contributed by atoms with E-state index in [0.29, 0.717) is 17.7 Å². The van der Waals surface area contributed by atoms with Crippen molar-refractivity contribution in [3.05, 3.63) is 29.8 Å². The second-order valence-corrected chi connectivity index (χ2v) is 6.11. The van der Waals surface area contributed by atoms with Gasteiger partial charge in [-0.3, -0.25) is 0 Å². The Morgan fingerprint density at radius 1 is 1.22 bits per heavy atom. The lowest BCUT2D eigenvalue weighted by Gasteiger charge is -2.36. The van der Waals surface area contributed by atoms with Crippen LogP contribution >= 0.6 is 0 Å². The summed E-state index contributed by atoms with van der Waals surface area (Å²) in [6, 6.07) is 7.91. The van der Waals surface area contributed by atoms with Crippen molar-refractivity contribution >= 4 is 0 Å². The molecule has 3 atom stereocenters. The molecule has 2 heteroatoms. The minimum atomic E-state index is 0.340. The maximum atomic E-state index is 9.30. The molecule has 1 aromatic carbocycles. The van der Waals surface area contributed by atoms with Crippen molar-refractivity contribution in [1.82, 2.24) is 0 Å². The van der Waals surface area contributed by atoms with Crippen LogP contribution in [-0.2, 0) is 6.42 Å². The summed E-state index contributed by atoms with van der Waals surface area (Å²) in [5.74, 6) is 2.52. The lowest BCUT2D eigenvalue weighted by Crippen LogP contribution is -2.38. The van der Waals surface area contributed by atoms with E-state index in [1.54, 1.807) is 12.1 Å². The van der Waals surface area contributed by atoms with E-state index in [9.17, 15) is 5.11 Å². The summed E-state index contributed by atoms with van der Waals surface area (Å²) in [5, 5.41) is 9.30. The molecule has 2 nitrogen and oxygen atoms in total. The highest BCUT2D eigenvalue weighted by molar-refractivity contribution is 5.26. The first-order valence-electron chi connectivity index (χ1n) is 7.09. The molecule has 0 spiro atoms. The highest BCUT2D eigenvalue weighted by Crippen LogP contribution is 2.34. The number of benzene rings is 1. The SMILES string of the molecule is CC(C)C1CCC(N)C(Cc2ccc(O)cc2)C1. The lowest BCUT2D eigenvalue weighted by molar-refractivity contribution is 0.189. The molecule has 2 rings (SSSR count). The molecule has 1 aromatic rings. The molecule has 3 N–H and O–H groups in total. The molecule has 0 bridgehead atoms. The minimum absolute atomic E-state index is 0.340. The lowest BCUT2D eigenvalue weighted by atomic mass is 9.72. The number of phenols is 1. The highest BCUT2D eigenvalue weighted by atomic mass is 16.3. The molecule has 0 radical (unpaired) electrons. The predicted molar refractivity (Wildman–Crippen MR) is 75.5 cm³/mol. The van der Waals surface area contributed by atoms with Gasteiger partial charge in [0.1, 0.15) is 5.75 Å². The van der Waals surface area contributed by atoms with Crippen LogP contribution in [0, 0.1) is 17.8 Å². The molecule has 0 amide bonds. The molecule has 1 fully saturated rings. The summed E-state index contributed by atoms with van der Waals surface area (Å²) < 4.78 is 0. The highest BCUT2D eigenvalue weighted by Gasteiger charge is 2.29. The van der Waals surface area contributed by atoms with Crippen molar-refractivity contribution in [2.45, 2.75) is 45.6 Å². The summed E-state index contributed by atoms with van der Waals surface area (Å²) in [5.41, 5.74) is 7.56. The van der Waals surface area contributed by atoms with Gasteiger partial charge in [-0.1, -0.05) is 26.0 Å². The zero-order valence-electron chi connectivity index (χ0n) is 11.5. The van der Waals surface area contributed by atoms with Gasteiger partial charge in [-0.15, -0.1) is 0 Å². The fourth-order valence-corrected chi connectivity index (χ4v) is 3.10. The van der Waals surface area contributed by atoms with Crippen LogP contribution < -0.4 is 5.73 Å². The quantitative estimate of drug-likeness (QED) is 0.860. The Balaban J connectivity index is 2.00. The molecule has 1 aliphatic rings. The van der Waals surface area contributed by atoms with Gasteiger partial charge in [-0.2, -0.15) is 0 Å². The Labute approximate surface area is 110 Å². The molecule has 1 saturated carbocycles. The van der Waals surface area contributed by atoms with Crippen molar-refractivity contribution in [2.75, 3.05) is 0 Å². The van der Waals surface area contributed by atoms with E-state index in [0.717, 1.165) is 24.7 Å². The van der Waals surface area contributed by atoms with Crippen LogP contribution in [0.25, 0.3) is 0 Å². The molecule has 3 unspecified atom stereocenters. The first kappa shape index (κ1) is 13.4. The topological polar surface area (TPSA) is 46.2 Å². The Morgan fingerprint density at radius 2 is 1.89 bits per heavy atom. The standard InChI is InChI=1S/C16H25NO/c1-11(2)13-5-8-16(17)14(10-13)9-12-3-6-15(18)7-4-12/h3-4,6-7,11,13-14,16,18H,5,8-10,17H2,1-2H3. The first-order chi connectivity index (χ1) is 8.56. The fraction of sp³-hybridized carbons (Fsp3) is 0.625. The summed E-state index contributed by atoms with van der Waals surface area (Å²) in [4.78, 5) is 0. The Bertz CT molecular complexity index is 371. The maximum Gasteiger partial charge on any atom is 0.115 e. The normalized spacial score (nSPS) is 28.6. The predicted octanol–water partition coefficient (Wildman–Crippen LogP) is 3.33. The van der Waals surface area contributed by atoms with Gasteiger partial charge >= 0.3 is 0 Å². The third kappa shape index (κ3) is 3.26. The second-order valence-electron chi connectivity index (χ2n) is 6.11. The van der Waals surface area contributed by atoms with Crippen LogP contribution in [0.2, 0.25) is 0 Å². The molecule has 0 aliphatic heterocycles.